The van der Waals surface area contributed by atoms with Gasteiger partial charge < -0.3 is 0 Å². The first-order valence-electron chi connectivity index (χ1n) is 4.03. The van der Waals surface area contributed by atoms with Crippen LogP contribution >= 0.6 is 22.6 Å². The van der Waals surface area contributed by atoms with E-state index in [0.717, 1.165) is 19.3 Å². The maximum Gasteiger partial charge on any atom is 0.115 e. The fourth-order valence-corrected chi connectivity index (χ4v) is 2.65. The Balaban J connectivity index is 2.42. The van der Waals surface area contributed by atoms with Gasteiger partial charge in [-0.1, -0.05) is 42.4 Å². The van der Waals surface area contributed by atoms with Gasteiger partial charge in [0.1, 0.15) is 6.17 Å². The lowest BCUT2D eigenvalue weighted by atomic mass is 9.86. The highest BCUT2D eigenvalue weighted by Gasteiger charge is 2.29. The molecular weight excluding hydrogens is 242 g/mol. The SMILES string of the molecule is CCC1CCCC(I)C1F. The van der Waals surface area contributed by atoms with Gasteiger partial charge in [-0.05, 0) is 18.8 Å². The van der Waals surface area contributed by atoms with E-state index in [0.29, 0.717) is 5.92 Å². The van der Waals surface area contributed by atoms with Crippen LogP contribution in [-0.2, 0) is 0 Å². The Labute approximate surface area is 75.7 Å². The monoisotopic (exact) mass is 256 g/mol. The largest absolute Gasteiger partial charge is 0.246 e. The molecule has 0 bridgehead atoms. The first-order valence-corrected chi connectivity index (χ1v) is 5.28. The molecule has 0 aromatic rings. The van der Waals surface area contributed by atoms with Crippen LogP contribution in [0.15, 0.2) is 0 Å². The molecule has 0 amide bonds. The summed E-state index contributed by atoms with van der Waals surface area (Å²) < 4.78 is 13.5. The molecule has 1 aliphatic rings. The van der Waals surface area contributed by atoms with Crippen molar-refractivity contribution in [1.29, 1.82) is 0 Å². The van der Waals surface area contributed by atoms with E-state index < -0.39 is 6.17 Å². The van der Waals surface area contributed by atoms with Crippen molar-refractivity contribution in [3.05, 3.63) is 0 Å². The van der Waals surface area contributed by atoms with Crippen LogP contribution in [0.5, 0.6) is 0 Å². The molecule has 0 aliphatic heterocycles. The summed E-state index contributed by atoms with van der Waals surface area (Å²) in [5.41, 5.74) is 0. The van der Waals surface area contributed by atoms with E-state index in [4.69, 9.17) is 0 Å². The third-order valence-corrected chi connectivity index (χ3v) is 3.68. The summed E-state index contributed by atoms with van der Waals surface area (Å²) >= 11 is 2.25. The van der Waals surface area contributed by atoms with Gasteiger partial charge in [0.05, 0.1) is 0 Å². The Morgan fingerprint density at radius 3 is 2.70 bits per heavy atom. The molecule has 10 heavy (non-hydrogen) atoms. The molecule has 0 saturated heterocycles. The third-order valence-electron chi connectivity index (χ3n) is 2.38. The van der Waals surface area contributed by atoms with Crippen LogP contribution in [0.25, 0.3) is 0 Å². The van der Waals surface area contributed by atoms with E-state index in [9.17, 15) is 4.39 Å². The lowest BCUT2D eigenvalue weighted by Crippen LogP contribution is -2.29. The summed E-state index contributed by atoms with van der Waals surface area (Å²) in [6.45, 7) is 2.09. The van der Waals surface area contributed by atoms with Gasteiger partial charge in [0.15, 0.2) is 0 Å². The molecule has 0 radical (unpaired) electrons. The van der Waals surface area contributed by atoms with Gasteiger partial charge in [0, 0.05) is 3.92 Å². The predicted octanol–water partition coefficient (Wildman–Crippen LogP) is 3.34. The minimum absolute atomic E-state index is 0.288. The molecule has 1 saturated carbocycles. The zero-order chi connectivity index (χ0) is 7.56. The van der Waals surface area contributed by atoms with Crippen molar-refractivity contribution in [2.75, 3.05) is 0 Å². The summed E-state index contributed by atoms with van der Waals surface area (Å²) in [7, 11) is 0. The van der Waals surface area contributed by atoms with Crippen molar-refractivity contribution in [2.45, 2.75) is 42.7 Å². The highest BCUT2D eigenvalue weighted by atomic mass is 127. The molecule has 0 N–H and O–H groups in total. The number of hydrogen-bond acceptors (Lipinski definition) is 0. The van der Waals surface area contributed by atoms with Crippen LogP contribution in [0.4, 0.5) is 4.39 Å². The topological polar surface area (TPSA) is 0 Å². The number of hydrogen-bond donors (Lipinski definition) is 0. The standard InChI is InChI=1S/C8H14FI/c1-2-6-4-3-5-7(10)8(6)9/h6-8H,2-5H2,1H3. The van der Waals surface area contributed by atoms with Crippen LogP contribution in [0.1, 0.15) is 32.6 Å². The number of alkyl halides is 2. The molecule has 2 heteroatoms. The highest BCUT2D eigenvalue weighted by Crippen LogP contribution is 2.33. The Morgan fingerprint density at radius 2 is 2.20 bits per heavy atom. The van der Waals surface area contributed by atoms with Gasteiger partial charge in [-0.25, -0.2) is 4.39 Å². The van der Waals surface area contributed by atoms with Crippen molar-refractivity contribution in [1.82, 2.24) is 0 Å². The Kier molecular flexibility index (Phi) is 3.40. The van der Waals surface area contributed by atoms with Crippen molar-refractivity contribution < 1.29 is 4.39 Å². The average Bonchev–Trinajstić information content (AvgIpc) is 1.95. The second-order valence-corrected chi connectivity index (χ2v) is 4.66. The van der Waals surface area contributed by atoms with Gasteiger partial charge >= 0.3 is 0 Å². The second kappa shape index (κ2) is 3.88. The number of rotatable bonds is 1. The molecular formula is C8H14FI. The maximum atomic E-state index is 13.2. The quantitative estimate of drug-likeness (QED) is 0.498. The van der Waals surface area contributed by atoms with E-state index in [1.165, 1.54) is 6.42 Å². The molecule has 0 nitrogen and oxygen atoms in total. The zero-order valence-corrected chi connectivity index (χ0v) is 8.47. The van der Waals surface area contributed by atoms with Gasteiger partial charge in [-0.15, -0.1) is 0 Å². The second-order valence-electron chi connectivity index (χ2n) is 3.06. The van der Waals surface area contributed by atoms with Crippen LogP contribution in [0.3, 0.4) is 0 Å². The van der Waals surface area contributed by atoms with E-state index >= 15 is 0 Å². The van der Waals surface area contributed by atoms with E-state index in [2.05, 4.69) is 29.5 Å². The van der Waals surface area contributed by atoms with Crippen LogP contribution < -0.4 is 0 Å². The lowest BCUT2D eigenvalue weighted by Gasteiger charge is -2.28. The fourth-order valence-electron chi connectivity index (χ4n) is 1.62. The Morgan fingerprint density at radius 1 is 1.50 bits per heavy atom. The third kappa shape index (κ3) is 1.83. The molecule has 60 valence electrons. The average molecular weight is 256 g/mol. The summed E-state index contributed by atoms with van der Waals surface area (Å²) in [5, 5.41) is 0. The maximum absolute atomic E-state index is 13.2. The molecule has 0 spiro atoms. The van der Waals surface area contributed by atoms with Gasteiger partial charge in [0.2, 0.25) is 0 Å². The molecule has 3 unspecified atom stereocenters. The Bertz CT molecular complexity index is 105. The normalized spacial score (nSPS) is 41.7. The van der Waals surface area contributed by atoms with E-state index in [1.807, 2.05) is 0 Å². The minimum Gasteiger partial charge on any atom is -0.246 e. The van der Waals surface area contributed by atoms with Crippen LogP contribution in [-0.4, -0.2) is 10.1 Å². The van der Waals surface area contributed by atoms with E-state index in [-0.39, 0.29) is 3.92 Å². The van der Waals surface area contributed by atoms with Gasteiger partial charge in [0.25, 0.3) is 0 Å². The van der Waals surface area contributed by atoms with Crippen molar-refractivity contribution in [3.63, 3.8) is 0 Å². The summed E-state index contributed by atoms with van der Waals surface area (Å²) in [4.78, 5) is 0. The van der Waals surface area contributed by atoms with Crippen LogP contribution in [0, 0.1) is 5.92 Å². The molecule has 3 atom stereocenters. The Hall–Kier alpha value is 0.660. The lowest BCUT2D eigenvalue weighted by molar-refractivity contribution is 0.175. The first kappa shape index (κ1) is 8.75. The summed E-state index contributed by atoms with van der Waals surface area (Å²) in [6, 6.07) is 0. The minimum atomic E-state index is -0.528. The van der Waals surface area contributed by atoms with Crippen LogP contribution in [0.2, 0.25) is 0 Å². The van der Waals surface area contributed by atoms with Crippen molar-refractivity contribution in [2.24, 2.45) is 5.92 Å². The molecule has 0 heterocycles. The van der Waals surface area contributed by atoms with Gasteiger partial charge in [-0.3, -0.25) is 0 Å². The highest BCUT2D eigenvalue weighted by molar-refractivity contribution is 14.1. The predicted molar refractivity (Wildman–Crippen MR) is 50.3 cm³/mol. The molecule has 1 fully saturated rings. The fraction of sp³-hybridized carbons (Fsp3) is 1.00. The first-order chi connectivity index (χ1) is 4.75. The molecule has 1 rings (SSSR count). The summed E-state index contributed by atoms with van der Waals surface area (Å²) in [5.74, 6) is 0.357. The smallest absolute Gasteiger partial charge is 0.115 e. The number of halogens is 2. The summed E-state index contributed by atoms with van der Waals surface area (Å²) in [6.07, 6.45) is 3.90. The van der Waals surface area contributed by atoms with Crippen molar-refractivity contribution >= 4 is 22.6 Å². The molecule has 0 aromatic carbocycles. The molecule has 1 aliphatic carbocycles. The van der Waals surface area contributed by atoms with Crippen molar-refractivity contribution in [3.8, 4) is 0 Å². The van der Waals surface area contributed by atoms with Gasteiger partial charge in [-0.2, -0.15) is 0 Å². The molecule has 0 aromatic heterocycles. The van der Waals surface area contributed by atoms with E-state index in [1.54, 1.807) is 0 Å². The zero-order valence-electron chi connectivity index (χ0n) is 6.32.